The minimum absolute atomic E-state index is 0.0374. The monoisotopic (exact) mass is 278 g/mol. The molecule has 0 aliphatic carbocycles. The van der Waals surface area contributed by atoms with Crippen LogP contribution in [0.25, 0.3) is 0 Å². The van der Waals surface area contributed by atoms with Gasteiger partial charge in [-0.2, -0.15) is 0 Å². The van der Waals surface area contributed by atoms with E-state index in [0.717, 1.165) is 19.5 Å². The highest BCUT2D eigenvalue weighted by molar-refractivity contribution is 5.96. The van der Waals surface area contributed by atoms with Gasteiger partial charge in [-0.1, -0.05) is 0 Å². The number of carbonyl (C=O) groups is 1. The first kappa shape index (κ1) is 14.3. The van der Waals surface area contributed by atoms with Crippen LogP contribution in [0.15, 0.2) is 18.2 Å². The summed E-state index contributed by atoms with van der Waals surface area (Å²) in [5, 5.41) is 16.5. The predicted molar refractivity (Wildman–Crippen MR) is 76.0 cm³/mol. The molecule has 0 saturated carbocycles. The van der Waals surface area contributed by atoms with Crippen molar-refractivity contribution >= 4 is 17.3 Å². The highest BCUT2D eigenvalue weighted by Crippen LogP contribution is 2.25. The maximum absolute atomic E-state index is 12.1. The second-order valence-electron chi connectivity index (χ2n) is 4.96. The fourth-order valence-corrected chi connectivity index (χ4v) is 2.36. The lowest BCUT2D eigenvalue weighted by molar-refractivity contribution is -0.383. The van der Waals surface area contributed by atoms with Gasteiger partial charge in [0, 0.05) is 31.3 Å². The van der Waals surface area contributed by atoms with Crippen molar-refractivity contribution < 1.29 is 9.72 Å². The number of nitrogens with zero attached hydrogens (tertiary/aromatic N) is 2. The van der Waals surface area contributed by atoms with E-state index < -0.39 is 4.92 Å². The van der Waals surface area contributed by atoms with E-state index in [4.69, 9.17) is 0 Å². The zero-order valence-corrected chi connectivity index (χ0v) is 11.5. The smallest absolute Gasteiger partial charge is 0.292 e. The number of nitrogens with one attached hydrogen (secondary N) is 2. The fourth-order valence-electron chi connectivity index (χ4n) is 2.36. The lowest BCUT2D eigenvalue weighted by Gasteiger charge is -2.13. The van der Waals surface area contributed by atoms with Crippen LogP contribution in [0.1, 0.15) is 16.8 Å². The molecular formula is C13H18N4O3. The molecule has 0 spiro atoms. The average Bonchev–Trinajstić information content (AvgIpc) is 2.83. The maximum Gasteiger partial charge on any atom is 0.292 e. The van der Waals surface area contributed by atoms with Gasteiger partial charge < -0.3 is 15.5 Å². The molecule has 0 bridgehead atoms. The largest absolute Gasteiger partial charge is 0.383 e. The first-order valence-electron chi connectivity index (χ1n) is 6.47. The minimum Gasteiger partial charge on any atom is -0.383 e. The summed E-state index contributed by atoms with van der Waals surface area (Å²) in [6.45, 7) is 1.80. The van der Waals surface area contributed by atoms with E-state index in [0.29, 0.717) is 11.3 Å². The minimum atomic E-state index is -0.473. The third kappa shape index (κ3) is 3.05. The Balaban J connectivity index is 2.12. The normalized spacial score (nSPS) is 18.8. The Morgan fingerprint density at radius 3 is 2.80 bits per heavy atom. The van der Waals surface area contributed by atoms with E-state index in [2.05, 4.69) is 15.5 Å². The molecule has 108 valence electrons. The van der Waals surface area contributed by atoms with Crippen molar-refractivity contribution in [3.05, 3.63) is 33.9 Å². The van der Waals surface area contributed by atoms with Gasteiger partial charge in [0.05, 0.1) is 4.92 Å². The van der Waals surface area contributed by atoms with E-state index in [1.165, 1.54) is 18.2 Å². The molecular weight excluding hydrogens is 260 g/mol. The average molecular weight is 278 g/mol. The third-order valence-corrected chi connectivity index (χ3v) is 3.45. The summed E-state index contributed by atoms with van der Waals surface area (Å²) in [6, 6.07) is 4.47. The van der Waals surface area contributed by atoms with Crippen molar-refractivity contribution in [3.8, 4) is 0 Å². The molecule has 1 fully saturated rings. The van der Waals surface area contributed by atoms with Crippen LogP contribution in [-0.2, 0) is 0 Å². The number of carbonyl (C=O) groups excluding carboxylic acids is 1. The number of likely N-dealkylation sites (tertiary alicyclic amines) is 1. The number of anilines is 1. The van der Waals surface area contributed by atoms with Crippen LogP contribution >= 0.6 is 0 Å². The molecule has 1 aromatic carbocycles. The molecule has 0 aromatic heterocycles. The van der Waals surface area contributed by atoms with Gasteiger partial charge in [-0.15, -0.1) is 0 Å². The molecule has 1 aliphatic heterocycles. The Labute approximate surface area is 117 Å². The molecule has 1 unspecified atom stereocenters. The lowest BCUT2D eigenvalue weighted by Crippen LogP contribution is -2.36. The summed E-state index contributed by atoms with van der Waals surface area (Å²) in [5.74, 6) is -0.198. The molecule has 1 aromatic rings. The Morgan fingerprint density at radius 1 is 1.50 bits per heavy atom. The van der Waals surface area contributed by atoms with Crippen LogP contribution in [0.3, 0.4) is 0 Å². The van der Waals surface area contributed by atoms with Crippen molar-refractivity contribution in [3.63, 3.8) is 0 Å². The molecule has 1 saturated heterocycles. The molecule has 0 radical (unpaired) electrons. The number of amides is 1. The summed E-state index contributed by atoms with van der Waals surface area (Å²) in [7, 11) is 3.60. The fraction of sp³-hybridized carbons (Fsp3) is 0.462. The first-order chi connectivity index (χ1) is 9.51. The topological polar surface area (TPSA) is 87.5 Å². The second kappa shape index (κ2) is 5.87. The second-order valence-corrected chi connectivity index (χ2v) is 4.96. The molecule has 1 heterocycles. The molecule has 7 nitrogen and oxygen atoms in total. The molecule has 2 rings (SSSR count). The van der Waals surface area contributed by atoms with Crippen LogP contribution in [0.5, 0.6) is 0 Å². The van der Waals surface area contributed by atoms with Crippen molar-refractivity contribution in [2.75, 3.05) is 32.5 Å². The van der Waals surface area contributed by atoms with Crippen LogP contribution in [0, 0.1) is 10.1 Å². The molecule has 20 heavy (non-hydrogen) atoms. The quantitative estimate of drug-likeness (QED) is 0.635. The van der Waals surface area contributed by atoms with Crippen molar-refractivity contribution in [2.45, 2.75) is 12.5 Å². The van der Waals surface area contributed by atoms with Gasteiger partial charge >= 0.3 is 0 Å². The number of hydrogen-bond acceptors (Lipinski definition) is 5. The highest BCUT2D eigenvalue weighted by Gasteiger charge is 2.22. The maximum atomic E-state index is 12.1. The molecule has 2 N–H and O–H groups in total. The standard InChI is InChI=1S/C13H18N4O3/c1-14-11-7-9(3-4-12(11)17(19)20)13(18)15-10-5-6-16(2)8-10/h3-4,7,10,14H,5-6,8H2,1-2H3,(H,15,18). The third-order valence-electron chi connectivity index (χ3n) is 3.45. The van der Waals surface area contributed by atoms with Crippen LogP contribution in [-0.4, -0.2) is 49.0 Å². The number of hydrogen-bond donors (Lipinski definition) is 2. The van der Waals surface area contributed by atoms with Crippen molar-refractivity contribution in [2.24, 2.45) is 0 Å². The predicted octanol–water partition coefficient (Wildman–Crippen LogP) is 1.07. The summed E-state index contributed by atoms with van der Waals surface area (Å²) in [4.78, 5) is 24.6. The van der Waals surface area contributed by atoms with Gasteiger partial charge in [0.2, 0.25) is 0 Å². The van der Waals surface area contributed by atoms with E-state index >= 15 is 0 Å². The van der Waals surface area contributed by atoms with Crippen LogP contribution in [0.4, 0.5) is 11.4 Å². The van der Waals surface area contributed by atoms with Gasteiger partial charge in [0.1, 0.15) is 5.69 Å². The summed E-state index contributed by atoms with van der Waals surface area (Å²) < 4.78 is 0. The molecule has 7 heteroatoms. The number of nitro groups is 1. The van der Waals surface area contributed by atoms with Crippen LogP contribution < -0.4 is 10.6 Å². The van der Waals surface area contributed by atoms with E-state index in [1.54, 1.807) is 7.05 Å². The Kier molecular flexibility index (Phi) is 4.19. The Morgan fingerprint density at radius 2 is 2.25 bits per heavy atom. The van der Waals surface area contributed by atoms with Gasteiger partial charge in [0.25, 0.3) is 11.6 Å². The molecule has 1 amide bonds. The van der Waals surface area contributed by atoms with Gasteiger partial charge in [-0.3, -0.25) is 14.9 Å². The lowest BCUT2D eigenvalue weighted by atomic mass is 10.1. The summed E-state index contributed by atoms with van der Waals surface area (Å²) in [5.41, 5.74) is 0.727. The number of nitro benzene ring substituents is 1. The zero-order valence-electron chi connectivity index (χ0n) is 11.5. The SMILES string of the molecule is CNc1cc(C(=O)NC2CCN(C)C2)ccc1[N+](=O)[O-]. The first-order valence-corrected chi connectivity index (χ1v) is 6.47. The Hall–Kier alpha value is -2.15. The number of rotatable bonds is 4. The van der Waals surface area contributed by atoms with E-state index in [1.807, 2.05) is 7.05 Å². The molecule has 1 atom stereocenters. The Bertz CT molecular complexity index is 532. The highest BCUT2D eigenvalue weighted by atomic mass is 16.6. The van der Waals surface area contributed by atoms with Gasteiger partial charge in [-0.25, -0.2) is 0 Å². The zero-order chi connectivity index (χ0) is 14.7. The van der Waals surface area contributed by atoms with Gasteiger partial charge in [-0.05, 0) is 32.1 Å². The summed E-state index contributed by atoms with van der Waals surface area (Å²) >= 11 is 0. The number of benzene rings is 1. The van der Waals surface area contributed by atoms with E-state index in [9.17, 15) is 14.9 Å². The molecule has 1 aliphatic rings. The van der Waals surface area contributed by atoms with Crippen LogP contribution in [0.2, 0.25) is 0 Å². The van der Waals surface area contributed by atoms with E-state index in [-0.39, 0.29) is 17.6 Å². The van der Waals surface area contributed by atoms with Gasteiger partial charge in [0.15, 0.2) is 0 Å². The number of likely N-dealkylation sites (N-methyl/N-ethyl adjacent to an activating group) is 1. The van der Waals surface area contributed by atoms with Crippen molar-refractivity contribution in [1.82, 2.24) is 10.2 Å². The summed E-state index contributed by atoms with van der Waals surface area (Å²) in [6.07, 6.45) is 0.925. The van der Waals surface area contributed by atoms with Crippen molar-refractivity contribution in [1.29, 1.82) is 0 Å².